The standard InChI is InChI=1S/C11H13FN2O4S2/c1-6(11(15)18-2)20(16,17)14-9-4-3-7(12)5-8(9)10(13)19/h3-6,14H,1-2H3,(H2,13,19). The van der Waals surface area contributed by atoms with Crippen LogP contribution in [0.1, 0.15) is 12.5 Å². The second-order valence-corrected chi connectivity index (χ2v) is 6.31. The van der Waals surface area contributed by atoms with Gasteiger partial charge >= 0.3 is 5.97 Å². The minimum atomic E-state index is -4.06. The van der Waals surface area contributed by atoms with Crippen molar-refractivity contribution in [3.8, 4) is 0 Å². The van der Waals surface area contributed by atoms with Crippen LogP contribution in [0.3, 0.4) is 0 Å². The first kappa shape index (κ1) is 16.3. The number of methoxy groups -OCH3 is 1. The number of halogens is 1. The van der Waals surface area contributed by atoms with Gasteiger partial charge in [0, 0.05) is 5.56 Å². The number of nitrogens with one attached hydrogen (secondary N) is 1. The van der Waals surface area contributed by atoms with Crippen LogP contribution in [0.2, 0.25) is 0 Å². The summed E-state index contributed by atoms with van der Waals surface area (Å²) in [5, 5.41) is -1.43. The number of nitrogens with two attached hydrogens (primary N) is 1. The fourth-order valence-electron chi connectivity index (χ4n) is 1.34. The first-order valence-corrected chi connectivity index (χ1v) is 7.33. The summed E-state index contributed by atoms with van der Waals surface area (Å²) in [6, 6.07) is 3.22. The Hall–Kier alpha value is -1.74. The fourth-order valence-corrected chi connectivity index (χ4v) is 2.52. The molecule has 0 radical (unpaired) electrons. The number of carbonyl (C=O) groups is 1. The summed E-state index contributed by atoms with van der Waals surface area (Å²) < 4.78 is 43.6. The van der Waals surface area contributed by atoms with Crippen LogP contribution < -0.4 is 10.5 Å². The topological polar surface area (TPSA) is 98.5 Å². The van der Waals surface area contributed by atoms with Crippen LogP contribution >= 0.6 is 12.2 Å². The minimum Gasteiger partial charge on any atom is -0.468 e. The van der Waals surface area contributed by atoms with Gasteiger partial charge in [-0.05, 0) is 25.1 Å². The van der Waals surface area contributed by atoms with Gasteiger partial charge in [-0.3, -0.25) is 9.52 Å². The predicted molar refractivity (Wildman–Crippen MR) is 76.3 cm³/mol. The number of benzene rings is 1. The van der Waals surface area contributed by atoms with Crippen LogP contribution in [-0.4, -0.2) is 31.7 Å². The molecular formula is C11H13FN2O4S2. The predicted octanol–water partition coefficient (Wildman–Crippen LogP) is 0.763. The van der Waals surface area contributed by atoms with E-state index in [9.17, 15) is 17.6 Å². The molecule has 1 atom stereocenters. The van der Waals surface area contributed by atoms with Gasteiger partial charge in [0.2, 0.25) is 10.0 Å². The summed E-state index contributed by atoms with van der Waals surface area (Å²) in [6.07, 6.45) is 0. The Morgan fingerprint density at radius 1 is 1.50 bits per heavy atom. The highest BCUT2D eigenvalue weighted by molar-refractivity contribution is 7.94. The molecule has 20 heavy (non-hydrogen) atoms. The van der Waals surface area contributed by atoms with Gasteiger partial charge in [-0.15, -0.1) is 0 Å². The summed E-state index contributed by atoms with van der Waals surface area (Å²) in [6.45, 7) is 1.16. The number of sulfonamides is 1. The number of hydrogen-bond acceptors (Lipinski definition) is 5. The van der Waals surface area contributed by atoms with Gasteiger partial charge in [-0.1, -0.05) is 12.2 Å². The molecule has 1 rings (SSSR count). The first-order valence-electron chi connectivity index (χ1n) is 5.38. The molecule has 1 unspecified atom stereocenters. The SMILES string of the molecule is COC(=O)C(C)S(=O)(=O)Nc1ccc(F)cc1C(N)=S. The Morgan fingerprint density at radius 2 is 2.10 bits per heavy atom. The molecule has 1 aromatic rings. The Bertz CT molecular complexity index is 646. The number of anilines is 1. The van der Waals surface area contributed by atoms with Crippen molar-refractivity contribution >= 4 is 38.9 Å². The lowest BCUT2D eigenvalue weighted by Crippen LogP contribution is -2.33. The van der Waals surface area contributed by atoms with Gasteiger partial charge in [0.05, 0.1) is 12.8 Å². The van der Waals surface area contributed by atoms with E-state index in [1.165, 1.54) is 6.07 Å². The number of thiocarbonyl (C=S) groups is 1. The van der Waals surface area contributed by atoms with Gasteiger partial charge in [0.1, 0.15) is 10.8 Å². The third-order valence-electron chi connectivity index (χ3n) is 2.50. The van der Waals surface area contributed by atoms with Crippen molar-refractivity contribution in [2.45, 2.75) is 12.2 Å². The molecule has 0 aliphatic carbocycles. The number of rotatable bonds is 5. The highest BCUT2D eigenvalue weighted by atomic mass is 32.2. The summed E-state index contributed by atoms with van der Waals surface area (Å²) >= 11 is 4.72. The summed E-state index contributed by atoms with van der Waals surface area (Å²) in [5.41, 5.74) is 5.43. The van der Waals surface area contributed by atoms with Gasteiger partial charge in [0.15, 0.2) is 5.25 Å². The number of ether oxygens (including phenoxy) is 1. The molecule has 110 valence electrons. The average Bonchev–Trinajstić information content (AvgIpc) is 2.38. The molecule has 6 nitrogen and oxygen atoms in total. The van der Waals surface area contributed by atoms with E-state index in [0.717, 1.165) is 26.2 Å². The molecule has 0 bridgehead atoms. The molecular weight excluding hydrogens is 307 g/mol. The van der Waals surface area contributed by atoms with E-state index in [1.54, 1.807) is 0 Å². The second kappa shape index (κ2) is 6.14. The Labute approximate surface area is 121 Å². The van der Waals surface area contributed by atoms with E-state index in [0.29, 0.717) is 0 Å². The lowest BCUT2D eigenvalue weighted by molar-refractivity contribution is -0.139. The van der Waals surface area contributed by atoms with E-state index >= 15 is 0 Å². The quantitative estimate of drug-likeness (QED) is 0.614. The van der Waals surface area contributed by atoms with Crippen LogP contribution in [-0.2, 0) is 19.6 Å². The molecule has 1 aromatic carbocycles. The van der Waals surface area contributed by atoms with Crippen molar-refractivity contribution in [1.29, 1.82) is 0 Å². The maximum Gasteiger partial charge on any atom is 0.325 e. The average molecular weight is 320 g/mol. The maximum atomic E-state index is 13.1. The zero-order valence-electron chi connectivity index (χ0n) is 10.7. The molecule has 0 fully saturated rings. The second-order valence-electron chi connectivity index (χ2n) is 3.87. The molecule has 0 saturated heterocycles. The lowest BCUT2D eigenvalue weighted by atomic mass is 10.2. The van der Waals surface area contributed by atoms with E-state index in [1.807, 2.05) is 0 Å². The molecule has 0 aliphatic rings. The van der Waals surface area contributed by atoms with Crippen LogP contribution in [0.5, 0.6) is 0 Å². The largest absolute Gasteiger partial charge is 0.468 e. The molecule has 0 saturated carbocycles. The zero-order valence-corrected chi connectivity index (χ0v) is 12.3. The molecule has 0 aromatic heterocycles. The van der Waals surface area contributed by atoms with Crippen LogP contribution in [0.15, 0.2) is 18.2 Å². The molecule has 0 amide bonds. The van der Waals surface area contributed by atoms with E-state index < -0.39 is 27.1 Å². The van der Waals surface area contributed by atoms with E-state index in [4.69, 9.17) is 18.0 Å². The third-order valence-corrected chi connectivity index (χ3v) is 4.35. The van der Waals surface area contributed by atoms with Crippen LogP contribution in [0, 0.1) is 5.82 Å². The van der Waals surface area contributed by atoms with Crippen molar-refractivity contribution in [2.75, 3.05) is 11.8 Å². The summed E-state index contributed by atoms with van der Waals surface area (Å²) in [5.74, 6) is -1.53. The van der Waals surface area contributed by atoms with Crippen molar-refractivity contribution in [3.05, 3.63) is 29.6 Å². The van der Waals surface area contributed by atoms with E-state index in [2.05, 4.69) is 9.46 Å². The van der Waals surface area contributed by atoms with Crippen molar-refractivity contribution in [3.63, 3.8) is 0 Å². The van der Waals surface area contributed by atoms with E-state index in [-0.39, 0.29) is 16.2 Å². The van der Waals surface area contributed by atoms with Crippen LogP contribution in [0.4, 0.5) is 10.1 Å². The number of hydrogen-bond donors (Lipinski definition) is 2. The normalized spacial score (nSPS) is 12.6. The van der Waals surface area contributed by atoms with Gasteiger partial charge < -0.3 is 10.5 Å². The highest BCUT2D eigenvalue weighted by Gasteiger charge is 2.29. The Kier molecular flexibility index (Phi) is 5.01. The maximum absolute atomic E-state index is 13.1. The van der Waals surface area contributed by atoms with Crippen LogP contribution in [0.25, 0.3) is 0 Å². The molecule has 0 heterocycles. The Morgan fingerprint density at radius 3 is 2.60 bits per heavy atom. The lowest BCUT2D eigenvalue weighted by Gasteiger charge is -2.15. The highest BCUT2D eigenvalue weighted by Crippen LogP contribution is 2.20. The van der Waals surface area contributed by atoms with Gasteiger partial charge in [-0.25, -0.2) is 12.8 Å². The monoisotopic (exact) mass is 320 g/mol. The smallest absolute Gasteiger partial charge is 0.325 e. The van der Waals surface area contributed by atoms with Crippen molar-refractivity contribution < 1.29 is 22.3 Å². The molecule has 0 aliphatic heterocycles. The molecule has 3 N–H and O–H groups in total. The Balaban J connectivity index is 3.16. The van der Waals surface area contributed by atoms with Crippen molar-refractivity contribution in [1.82, 2.24) is 0 Å². The zero-order chi connectivity index (χ0) is 15.5. The molecule has 9 heteroatoms. The number of esters is 1. The minimum absolute atomic E-state index is 0.00495. The summed E-state index contributed by atoms with van der Waals surface area (Å²) in [4.78, 5) is 11.1. The number of carbonyl (C=O) groups excluding carboxylic acids is 1. The van der Waals surface area contributed by atoms with Crippen molar-refractivity contribution in [2.24, 2.45) is 5.73 Å². The fraction of sp³-hybridized carbons (Fsp3) is 0.273. The van der Waals surface area contributed by atoms with Gasteiger partial charge in [-0.2, -0.15) is 0 Å². The first-order chi connectivity index (χ1) is 9.19. The third kappa shape index (κ3) is 3.64. The van der Waals surface area contributed by atoms with Gasteiger partial charge in [0.25, 0.3) is 0 Å². The molecule has 0 spiro atoms. The summed E-state index contributed by atoms with van der Waals surface area (Å²) in [7, 11) is -2.98.